The monoisotopic (exact) mass is 298 g/mol. The summed E-state index contributed by atoms with van der Waals surface area (Å²) in [5, 5.41) is 11.1. The van der Waals surface area contributed by atoms with Gasteiger partial charge < -0.3 is 4.74 Å². The van der Waals surface area contributed by atoms with Crippen LogP contribution in [0, 0.1) is 10.1 Å². The molecule has 0 aromatic heterocycles. The topological polar surface area (TPSA) is 55.6 Å². The lowest BCUT2D eigenvalue weighted by molar-refractivity contribution is -0.385. The van der Waals surface area contributed by atoms with Crippen molar-refractivity contribution in [2.75, 3.05) is 13.7 Å². The van der Waals surface area contributed by atoms with Crippen molar-refractivity contribution >= 4 is 5.69 Å². The first-order chi connectivity index (χ1) is 10.7. The normalized spacial score (nSPS) is 14.4. The van der Waals surface area contributed by atoms with Crippen LogP contribution in [-0.4, -0.2) is 23.5 Å². The van der Waals surface area contributed by atoms with Crippen LogP contribution in [0.25, 0.3) is 0 Å². The van der Waals surface area contributed by atoms with E-state index in [1.54, 1.807) is 19.2 Å². The van der Waals surface area contributed by atoms with E-state index in [9.17, 15) is 10.1 Å². The fourth-order valence-electron chi connectivity index (χ4n) is 2.91. The third kappa shape index (κ3) is 2.94. The smallest absolute Gasteiger partial charge is 0.273 e. The number of para-hydroxylation sites is 1. The summed E-state index contributed by atoms with van der Waals surface area (Å²) < 4.78 is 5.26. The van der Waals surface area contributed by atoms with E-state index in [-0.39, 0.29) is 10.6 Å². The Morgan fingerprint density at radius 2 is 2.05 bits per heavy atom. The third-order valence-corrected chi connectivity index (χ3v) is 4.09. The molecule has 0 radical (unpaired) electrons. The van der Waals surface area contributed by atoms with Gasteiger partial charge in [0, 0.05) is 31.3 Å². The number of ether oxygens (including phenoxy) is 1. The molecule has 1 aliphatic heterocycles. The number of nitro benzene ring substituents is 1. The van der Waals surface area contributed by atoms with Gasteiger partial charge in [-0.3, -0.25) is 15.0 Å². The van der Waals surface area contributed by atoms with Gasteiger partial charge in [0.2, 0.25) is 0 Å². The minimum atomic E-state index is -0.307. The molecule has 0 saturated carbocycles. The molecule has 114 valence electrons. The highest BCUT2D eigenvalue weighted by atomic mass is 16.6. The van der Waals surface area contributed by atoms with E-state index in [0.717, 1.165) is 30.8 Å². The van der Waals surface area contributed by atoms with Crippen LogP contribution < -0.4 is 4.74 Å². The van der Waals surface area contributed by atoms with Crippen LogP contribution in [-0.2, 0) is 19.5 Å². The molecule has 0 bridgehead atoms. The average molecular weight is 298 g/mol. The quantitative estimate of drug-likeness (QED) is 0.642. The van der Waals surface area contributed by atoms with Gasteiger partial charge in [0.15, 0.2) is 0 Å². The number of hydrogen-bond acceptors (Lipinski definition) is 4. The van der Waals surface area contributed by atoms with Gasteiger partial charge in [-0.25, -0.2) is 0 Å². The van der Waals surface area contributed by atoms with Crippen molar-refractivity contribution in [1.29, 1.82) is 0 Å². The maximum Gasteiger partial charge on any atom is 0.273 e. The number of nitro groups is 1. The Morgan fingerprint density at radius 3 is 2.82 bits per heavy atom. The lowest BCUT2D eigenvalue weighted by atomic mass is 9.99. The molecule has 0 spiro atoms. The van der Waals surface area contributed by atoms with Crippen molar-refractivity contribution in [3.63, 3.8) is 0 Å². The van der Waals surface area contributed by atoms with Crippen LogP contribution >= 0.6 is 0 Å². The van der Waals surface area contributed by atoms with E-state index in [0.29, 0.717) is 6.54 Å². The average Bonchev–Trinajstić information content (AvgIpc) is 2.54. The highest BCUT2D eigenvalue weighted by Gasteiger charge is 2.20. The van der Waals surface area contributed by atoms with Crippen LogP contribution in [0.3, 0.4) is 0 Å². The van der Waals surface area contributed by atoms with Gasteiger partial charge in [-0.2, -0.15) is 0 Å². The molecule has 0 fully saturated rings. The van der Waals surface area contributed by atoms with Crippen LogP contribution in [0.1, 0.15) is 16.7 Å². The first kappa shape index (κ1) is 14.5. The van der Waals surface area contributed by atoms with Crippen molar-refractivity contribution in [3.8, 4) is 5.75 Å². The SMILES string of the molecule is COc1ccc2c(c1)CCN(Cc1ccccc1[N+](=O)[O-])C2. The number of hydrogen-bond donors (Lipinski definition) is 0. The lowest BCUT2D eigenvalue weighted by Gasteiger charge is -2.28. The molecule has 2 aromatic rings. The Labute approximate surface area is 129 Å². The maximum atomic E-state index is 11.1. The summed E-state index contributed by atoms with van der Waals surface area (Å²) in [6.07, 6.45) is 0.938. The van der Waals surface area contributed by atoms with Gasteiger partial charge in [-0.1, -0.05) is 24.3 Å². The fraction of sp³-hybridized carbons (Fsp3) is 0.294. The molecule has 1 aliphatic rings. The molecule has 0 aliphatic carbocycles. The first-order valence-electron chi connectivity index (χ1n) is 7.28. The van der Waals surface area contributed by atoms with Crippen molar-refractivity contribution in [3.05, 3.63) is 69.3 Å². The van der Waals surface area contributed by atoms with E-state index in [4.69, 9.17) is 4.74 Å². The molecule has 1 heterocycles. The molecule has 0 N–H and O–H groups in total. The Hall–Kier alpha value is -2.40. The number of benzene rings is 2. The van der Waals surface area contributed by atoms with Gasteiger partial charge in [0.1, 0.15) is 5.75 Å². The van der Waals surface area contributed by atoms with Crippen molar-refractivity contribution < 1.29 is 9.66 Å². The molecule has 0 saturated heterocycles. The standard InChI is InChI=1S/C17H18N2O3/c1-22-16-7-6-14-11-18(9-8-13(14)10-16)12-15-4-2-3-5-17(15)19(20)21/h2-7,10H,8-9,11-12H2,1H3. The lowest BCUT2D eigenvalue weighted by Crippen LogP contribution is -2.30. The first-order valence-corrected chi connectivity index (χ1v) is 7.28. The Kier molecular flexibility index (Phi) is 4.06. The molecule has 0 atom stereocenters. The molecule has 22 heavy (non-hydrogen) atoms. The second kappa shape index (κ2) is 6.15. The van der Waals surface area contributed by atoms with Crippen LogP contribution in [0.15, 0.2) is 42.5 Å². The summed E-state index contributed by atoms with van der Waals surface area (Å²) >= 11 is 0. The zero-order chi connectivity index (χ0) is 15.5. The van der Waals surface area contributed by atoms with Gasteiger partial charge in [-0.05, 0) is 29.7 Å². The van der Waals surface area contributed by atoms with Crippen molar-refractivity contribution in [2.45, 2.75) is 19.5 Å². The van der Waals surface area contributed by atoms with Gasteiger partial charge in [-0.15, -0.1) is 0 Å². The number of fused-ring (bicyclic) bond motifs is 1. The van der Waals surface area contributed by atoms with E-state index in [2.05, 4.69) is 17.0 Å². The molecule has 0 amide bonds. The van der Waals surface area contributed by atoms with Crippen LogP contribution in [0.2, 0.25) is 0 Å². The van der Waals surface area contributed by atoms with Gasteiger partial charge in [0.25, 0.3) is 5.69 Å². The molecule has 3 rings (SSSR count). The summed E-state index contributed by atoms with van der Waals surface area (Å²) in [4.78, 5) is 13.0. The number of methoxy groups -OCH3 is 1. The second-order valence-corrected chi connectivity index (χ2v) is 5.48. The predicted octanol–water partition coefficient (Wildman–Crippen LogP) is 3.16. The zero-order valence-corrected chi connectivity index (χ0v) is 12.5. The van der Waals surface area contributed by atoms with E-state index < -0.39 is 0 Å². The summed E-state index contributed by atoms with van der Waals surface area (Å²) in [6.45, 7) is 2.31. The highest BCUT2D eigenvalue weighted by molar-refractivity contribution is 5.40. The largest absolute Gasteiger partial charge is 0.497 e. The minimum Gasteiger partial charge on any atom is -0.497 e. The second-order valence-electron chi connectivity index (χ2n) is 5.48. The zero-order valence-electron chi connectivity index (χ0n) is 12.5. The predicted molar refractivity (Wildman–Crippen MR) is 83.9 cm³/mol. The fourth-order valence-corrected chi connectivity index (χ4v) is 2.91. The molecular formula is C17H18N2O3. The van der Waals surface area contributed by atoms with E-state index in [1.165, 1.54) is 11.1 Å². The molecule has 0 unspecified atom stereocenters. The molecule has 5 heteroatoms. The highest BCUT2D eigenvalue weighted by Crippen LogP contribution is 2.26. The number of rotatable bonds is 4. The maximum absolute atomic E-state index is 11.1. The van der Waals surface area contributed by atoms with E-state index >= 15 is 0 Å². The molecular weight excluding hydrogens is 280 g/mol. The van der Waals surface area contributed by atoms with Crippen LogP contribution in [0.4, 0.5) is 5.69 Å². The Morgan fingerprint density at radius 1 is 1.23 bits per heavy atom. The van der Waals surface area contributed by atoms with Crippen molar-refractivity contribution in [1.82, 2.24) is 4.90 Å². The van der Waals surface area contributed by atoms with Crippen molar-refractivity contribution in [2.24, 2.45) is 0 Å². The van der Waals surface area contributed by atoms with Crippen LogP contribution in [0.5, 0.6) is 5.75 Å². The van der Waals surface area contributed by atoms with Gasteiger partial charge in [0.05, 0.1) is 12.0 Å². The summed E-state index contributed by atoms with van der Waals surface area (Å²) in [5.74, 6) is 0.880. The van der Waals surface area contributed by atoms with E-state index in [1.807, 2.05) is 18.2 Å². The Bertz CT molecular complexity index is 700. The minimum absolute atomic E-state index is 0.197. The molecule has 5 nitrogen and oxygen atoms in total. The Balaban J connectivity index is 1.77. The summed E-state index contributed by atoms with van der Waals surface area (Å²) in [6, 6.07) is 13.1. The third-order valence-electron chi connectivity index (χ3n) is 4.09. The summed E-state index contributed by atoms with van der Waals surface area (Å²) in [5.41, 5.74) is 3.54. The van der Waals surface area contributed by atoms with Gasteiger partial charge >= 0.3 is 0 Å². The summed E-state index contributed by atoms with van der Waals surface area (Å²) in [7, 11) is 1.67. The number of nitrogens with zero attached hydrogens (tertiary/aromatic N) is 2. The molecule has 2 aromatic carbocycles.